The Balaban J connectivity index is 0.750. The molecule has 6 heterocycles. The number of carbonyl (C=O) groups is 4. The zero-order chi connectivity index (χ0) is 42.7. The van der Waals surface area contributed by atoms with E-state index in [0.29, 0.717) is 70.9 Å². The minimum absolute atomic E-state index is 0.0564. The number of nitrogen functional groups attached to an aromatic ring is 1. The maximum atomic E-state index is 13.6. The molecule has 1 atom stereocenters. The van der Waals surface area contributed by atoms with Gasteiger partial charge in [-0.05, 0) is 100 Å². The first-order valence-corrected chi connectivity index (χ1v) is 23.1. The number of halogens is 1. The quantitative estimate of drug-likeness (QED) is 0.201. The first-order chi connectivity index (χ1) is 29.4. The second-order valence-electron chi connectivity index (χ2n) is 17.8. The highest BCUT2D eigenvalue weighted by molar-refractivity contribution is 7.99. The Morgan fingerprint density at radius 3 is 2.31 bits per heavy atom. The third kappa shape index (κ3) is 10.4. The van der Waals surface area contributed by atoms with Gasteiger partial charge in [-0.15, -0.1) is 0 Å². The van der Waals surface area contributed by atoms with E-state index in [2.05, 4.69) is 47.2 Å². The van der Waals surface area contributed by atoms with E-state index in [0.717, 1.165) is 102 Å². The number of rotatable bonds is 10. The number of nitrogens with one attached hydrogen (secondary N) is 2. The molecule has 1 aliphatic carbocycles. The van der Waals surface area contributed by atoms with Gasteiger partial charge in [0.1, 0.15) is 16.7 Å². The van der Waals surface area contributed by atoms with Gasteiger partial charge in [-0.1, -0.05) is 29.4 Å². The maximum Gasteiger partial charge on any atom is 0.234 e. The number of amides is 4. The van der Waals surface area contributed by atoms with Crippen molar-refractivity contribution in [1.29, 1.82) is 0 Å². The summed E-state index contributed by atoms with van der Waals surface area (Å²) in [6, 6.07) is 9.41. The molecule has 61 heavy (non-hydrogen) atoms. The van der Waals surface area contributed by atoms with E-state index in [1.807, 2.05) is 29.2 Å². The van der Waals surface area contributed by atoms with E-state index in [4.69, 9.17) is 23.1 Å². The van der Waals surface area contributed by atoms with Gasteiger partial charge in [0.2, 0.25) is 23.6 Å². The number of imide groups is 1. The van der Waals surface area contributed by atoms with Crippen LogP contribution >= 0.6 is 23.4 Å². The molecule has 1 unspecified atom stereocenters. The van der Waals surface area contributed by atoms with Crippen LogP contribution in [0.4, 0.5) is 23.1 Å². The summed E-state index contributed by atoms with van der Waals surface area (Å²) in [6.07, 6.45) is 11.0. The molecule has 17 heteroatoms. The van der Waals surface area contributed by atoms with Gasteiger partial charge in [-0.25, -0.2) is 15.0 Å². The number of anilines is 4. The number of hydrogen-bond acceptors (Lipinski definition) is 13. The molecule has 326 valence electrons. The van der Waals surface area contributed by atoms with Crippen molar-refractivity contribution in [2.75, 3.05) is 79.8 Å². The number of piperidine rings is 3. The topological polar surface area (TPSA) is 196 Å². The van der Waals surface area contributed by atoms with Crippen molar-refractivity contribution in [3.05, 3.63) is 53.3 Å². The second kappa shape index (κ2) is 18.9. The fraction of sp³-hybridized carbons (Fsp3) is 0.568. The van der Waals surface area contributed by atoms with Gasteiger partial charge in [-0.2, -0.15) is 0 Å². The van der Waals surface area contributed by atoms with Crippen LogP contribution < -0.4 is 31.9 Å². The van der Waals surface area contributed by atoms with Crippen LogP contribution in [0.2, 0.25) is 5.02 Å². The van der Waals surface area contributed by atoms with E-state index in [-0.39, 0.29) is 46.9 Å². The van der Waals surface area contributed by atoms with Crippen LogP contribution in [0.1, 0.15) is 82.6 Å². The van der Waals surface area contributed by atoms with E-state index in [1.54, 1.807) is 18.5 Å². The molecule has 8 rings (SSSR count). The Labute approximate surface area is 367 Å². The third-order valence-corrected chi connectivity index (χ3v) is 15.0. The molecule has 4 saturated heterocycles. The van der Waals surface area contributed by atoms with E-state index in [9.17, 15) is 19.2 Å². The average Bonchev–Trinajstić information content (AvgIpc) is 3.26. The van der Waals surface area contributed by atoms with Gasteiger partial charge in [0.25, 0.3) is 0 Å². The molecule has 2 aromatic heterocycles. The van der Waals surface area contributed by atoms with Crippen LogP contribution in [0, 0.1) is 17.8 Å². The molecule has 5 aliphatic rings. The molecule has 4 aliphatic heterocycles. The highest BCUT2D eigenvalue weighted by atomic mass is 35.5. The minimum Gasteiger partial charge on any atom is -0.381 e. The SMILES string of the molecule is CC1(N)CCN(c2cnc(Sc3cccc(NC(=O)C4CCC(C(=O)N5CCN(CC6CCN(c7cc(C8CCC(=O)NC8=O)ccn7)CC6)CC5)CC4)c3Cl)c(N)n2)CC1. The van der Waals surface area contributed by atoms with Gasteiger partial charge in [0.15, 0.2) is 5.82 Å². The molecule has 1 aromatic carbocycles. The van der Waals surface area contributed by atoms with Gasteiger partial charge in [0.05, 0.1) is 22.8 Å². The first kappa shape index (κ1) is 43.2. The molecule has 4 amide bonds. The van der Waals surface area contributed by atoms with Crippen LogP contribution in [0.15, 0.2) is 52.6 Å². The summed E-state index contributed by atoms with van der Waals surface area (Å²) in [6.45, 7) is 9.72. The predicted molar refractivity (Wildman–Crippen MR) is 237 cm³/mol. The minimum atomic E-state index is -0.313. The van der Waals surface area contributed by atoms with Crippen LogP contribution in [0.25, 0.3) is 0 Å². The molecule has 0 bridgehead atoms. The smallest absolute Gasteiger partial charge is 0.234 e. The van der Waals surface area contributed by atoms with Gasteiger partial charge in [0, 0.05) is 93.8 Å². The largest absolute Gasteiger partial charge is 0.381 e. The lowest BCUT2D eigenvalue weighted by molar-refractivity contribution is -0.139. The Hall–Kier alpha value is -4.51. The van der Waals surface area contributed by atoms with Crippen molar-refractivity contribution in [3.8, 4) is 0 Å². The van der Waals surface area contributed by atoms with E-state index >= 15 is 0 Å². The summed E-state index contributed by atoms with van der Waals surface area (Å²) in [7, 11) is 0. The number of piperazine rings is 1. The van der Waals surface area contributed by atoms with Crippen LogP contribution in [0.3, 0.4) is 0 Å². The van der Waals surface area contributed by atoms with Gasteiger partial charge < -0.3 is 31.5 Å². The summed E-state index contributed by atoms with van der Waals surface area (Å²) >= 11 is 8.15. The summed E-state index contributed by atoms with van der Waals surface area (Å²) in [5.74, 6) is 1.68. The molecule has 5 fully saturated rings. The zero-order valence-electron chi connectivity index (χ0n) is 35.0. The molecular formula is C44H58ClN11O4S. The summed E-state index contributed by atoms with van der Waals surface area (Å²) < 4.78 is 0. The Morgan fingerprint density at radius 1 is 0.902 bits per heavy atom. The van der Waals surface area contributed by atoms with Crippen molar-refractivity contribution in [3.63, 3.8) is 0 Å². The Bertz CT molecular complexity index is 2090. The fourth-order valence-electron chi connectivity index (χ4n) is 9.44. The van der Waals surface area contributed by atoms with E-state index in [1.165, 1.54) is 11.8 Å². The van der Waals surface area contributed by atoms with Crippen LogP contribution in [-0.2, 0) is 19.2 Å². The number of hydrogen-bond donors (Lipinski definition) is 4. The Morgan fingerprint density at radius 2 is 1.61 bits per heavy atom. The molecular weight excluding hydrogens is 814 g/mol. The first-order valence-electron chi connectivity index (χ1n) is 21.9. The molecule has 0 spiro atoms. The summed E-state index contributed by atoms with van der Waals surface area (Å²) in [5.41, 5.74) is 13.9. The lowest BCUT2D eigenvalue weighted by Crippen LogP contribution is -2.52. The lowest BCUT2D eigenvalue weighted by atomic mass is 9.80. The fourth-order valence-corrected chi connectivity index (χ4v) is 10.5. The van der Waals surface area contributed by atoms with Crippen molar-refractivity contribution < 1.29 is 19.2 Å². The van der Waals surface area contributed by atoms with Gasteiger partial charge >= 0.3 is 0 Å². The molecule has 0 radical (unpaired) electrons. The van der Waals surface area contributed by atoms with Gasteiger partial charge in [-0.3, -0.25) is 29.4 Å². The molecule has 1 saturated carbocycles. The number of nitrogens with two attached hydrogens (primary N) is 2. The van der Waals surface area contributed by atoms with Crippen molar-refractivity contribution in [1.82, 2.24) is 30.1 Å². The van der Waals surface area contributed by atoms with Crippen molar-refractivity contribution in [2.24, 2.45) is 23.5 Å². The molecule has 3 aromatic rings. The van der Waals surface area contributed by atoms with E-state index < -0.39 is 0 Å². The number of pyridine rings is 1. The lowest BCUT2D eigenvalue weighted by Gasteiger charge is -2.40. The molecule has 6 N–H and O–H groups in total. The Kier molecular flexibility index (Phi) is 13.3. The maximum absolute atomic E-state index is 13.6. The summed E-state index contributed by atoms with van der Waals surface area (Å²) in [4.78, 5) is 74.7. The van der Waals surface area contributed by atoms with Crippen LogP contribution in [-0.4, -0.2) is 113 Å². The third-order valence-electron chi connectivity index (χ3n) is 13.4. The number of benzene rings is 1. The van der Waals surface area contributed by atoms with Crippen LogP contribution in [0.5, 0.6) is 0 Å². The second-order valence-corrected chi connectivity index (χ2v) is 19.2. The highest BCUT2D eigenvalue weighted by Gasteiger charge is 2.35. The number of nitrogens with zero attached hydrogens (tertiary/aromatic N) is 7. The zero-order valence-corrected chi connectivity index (χ0v) is 36.6. The number of aromatic nitrogens is 3. The normalized spacial score (nSPS) is 24.0. The summed E-state index contributed by atoms with van der Waals surface area (Å²) in [5, 5.41) is 6.48. The molecule has 15 nitrogen and oxygen atoms in total. The number of carbonyl (C=O) groups excluding carboxylic acids is 4. The standard InChI is InChI=1S/C44H58ClN11O4S/c1-44(47)14-19-55(20-15-44)36-26-49-42(39(46)51-36)61-34-4-2-3-33(38(34)45)50-40(58)29-5-7-30(8-6-29)43(60)56-23-21-53(22-24-56)27-28-12-17-54(18-13-28)35-25-31(11-16-48-35)32-9-10-37(57)52-41(32)59/h2-4,11,16,25-26,28-30,32H,5-10,12-15,17-24,27,47H2,1H3,(H2,46,51)(H,50,58)(H,52,57,59). The highest BCUT2D eigenvalue weighted by Crippen LogP contribution is 2.40. The van der Waals surface area contributed by atoms with Crippen molar-refractivity contribution in [2.45, 2.75) is 92.5 Å². The average molecular weight is 873 g/mol. The van der Waals surface area contributed by atoms with Crippen molar-refractivity contribution >= 4 is 70.1 Å². The monoisotopic (exact) mass is 871 g/mol. The predicted octanol–water partition coefficient (Wildman–Crippen LogP) is 4.90.